The van der Waals surface area contributed by atoms with Crippen LogP contribution in [0.5, 0.6) is 5.75 Å². The van der Waals surface area contributed by atoms with Crippen molar-refractivity contribution < 1.29 is 14.6 Å². The number of nitrogens with zero attached hydrogens (tertiary/aromatic N) is 1. The Kier molecular flexibility index (Phi) is 4.61. The van der Waals surface area contributed by atoms with Crippen LogP contribution in [0.3, 0.4) is 0 Å². The Balaban J connectivity index is 1.84. The van der Waals surface area contributed by atoms with Crippen molar-refractivity contribution in [2.45, 2.75) is 12.5 Å². The number of aromatic nitrogens is 1. The third kappa shape index (κ3) is 3.46. The molecule has 3 rings (SSSR count). The summed E-state index contributed by atoms with van der Waals surface area (Å²) < 4.78 is 4.88. The summed E-state index contributed by atoms with van der Waals surface area (Å²) in [4.78, 5) is 19.6. The summed E-state index contributed by atoms with van der Waals surface area (Å²) in [7, 11) is 1.36. The van der Waals surface area contributed by atoms with Crippen molar-refractivity contribution in [3.05, 3.63) is 65.9 Å². The maximum Gasteiger partial charge on any atom is 0.330 e. The lowest BCUT2D eigenvalue weighted by Gasteiger charge is -2.09. The largest absolute Gasteiger partial charge is 0.508 e. The fraction of sp³-hybridized carbons (Fsp3) is 0.158. The van der Waals surface area contributed by atoms with Crippen LogP contribution in [0.15, 0.2) is 59.7 Å². The second-order valence-corrected chi connectivity index (χ2v) is 5.47. The second kappa shape index (κ2) is 7.00. The van der Waals surface area contributed by atoms with Gasteiger partial charge in [0.05, 0.1) is 7.11 Å². The van der Waals surface area contributed by atoms with Crippen molar-refractivity contribution in [2.24, 2.45) is 4.99 Å². The molecule has 122 valence electrons. The molecule has 2 N–H and O–H groups in total. The van der Waals surface area contributed by atoms with E-state index in [9.17, 15) is 9.90 Å². The highest BCUT2D eigenvalue weighted by molar-refractivity contribution is 5.86. The predicted octanol–water partition coefficient (Wildman–Crippen LogP) is 3.08. The molecular formula is C19H18N2O3. The number of carbonyl (C=O) groups is 1. The number of ether oxygens (including phenoxy) is 1. The number of H-pyrrole nitrogens is 1. The van der Waals surface area contributed by atoms with E-state index in [1.54, 1.807) is 30.5 Å². The Morgan fingerprint density at radius 1 is 1.25 bits per heavy atom. The van der Waals surface area contributed by atoms with Crippen molar-refractivity contribution in [1.29, 1.82) is 0 Å². The molecule has 1 atom stereocenters. The number of benzene rings is 2. The van der Waals surface area contributed by atoms with E-state index in [0.717, 1.165) is 22.0 Å². The van der Waals surface area contributed by atoms with Gasteiger partial charge in [-0.2, -0.15) is 0 Å². The first-order valence-electron chi connectivity index (χ1n) is 7.62. The number of aliphatic imine (C=N–C) groups is 1. The van der Waals surface area contributed by atoms with E-state index in [-0.39, 0.29) is 11.7 Å². The third-order valence-electron chi connectivity index (χ3n) is 3.86. The molecule has 2 aromatic carbocycles. The SMILES string of the molecule is COC(=O)[C@H](Cc1c[nH]c2ccccc12)/N=C/c1ccc(O)cc1. The van der Waals surface area contributed by atoms with Crippen LogP contribution in [-0.4, -0.2) is 35.4 Å². The van der Waals surface area contributed by atoms with Crippen molar-refractivity contribution in [2.75, 3.05) is 7.11 Å². The van der Waals surface area contributed by atoms with Crippen LogP contribution in [0.2, 0.25) is 0 Å². The number of fused-ring (bicyclic) bond motifs is 1. The molecule has 5 nitrogen and oxygen atoms in total. The number of para-hydroxylation sites is 1. The maximum atomic E-state index is 12.1. The van der Waals surface area contributed by atoms with Crippen LogP contribution in [0.25, 0.3) is 10.9 Å². The van der Waals surface area contributed by atoms with Crippen molar-refractivity contribution in [1.82, 2.24) is 4.98 Å². The molecule has 0 amide bonds. The van der Waals surface area contributed by atoms with Gasteiger partial charge in [0, 0.05) is 29.7 Å². The first-order valence-corrected chi connectivity index (χ1v) is 7.62. The minimum Gasteiger partial charge on any atom is -0.508 e. The lowest BCUT2D eigenvalue weighted by molar-refractivity contribution is -0.142. The Morgan fingerprint density at radius 3 is 2.75 bits per heavy atom. The van der Waals surface area contributed by atoms with Crippen LogP contribution in [0.1, 0.15) is 11.1 Å². The van der Waals surface area contributed by atoms with Gasteiger partial charge >= 0.3 is 5.97 Å². The summed E-state index contributed by atoms with van der Waals surface area (Å²) in [5.41, 5.74) is 2.85. The summed E-state index contributed by atoms with van der Waals surface area (Å²) in [6.07, 6.45) is 3.97. The maximum absolute atomic E-state index is 12.1. The monoisotopic (exact) mass is 322 g/mol. The van der Waals surface area contributed by atoms with Gasteiger partial charge in [-0.15, -0.1) is 0 Å². The highest BCUT2D eigenvalue weighted by atomic mass is 16.5. The molecule has 24 heavy (non-hydrogen) atoms. The summed E-state index contributed by atoms with van der Waals surface area (Å²) >= 11 is 0. The molecule has 0 aliphatic heterocycles. The molecule has 0 spiro atoms. The van der Waals surface area contributed by atoms with Gasteiger partial charge in [-0.1, -0.05) is 18.2 Å². The molecule has 0 unspecified atom stereocenters. The zero-order valence-corrected chi connectivity index (χ0v) is 13.3. The third-order valence-corrected chi connectivity index (χ3v) is 3.86. The number of aromatic amines is 1. The number of nitrogens with one attached hydrogen (secondary N) is 1. The number of methoxy groups -OCH3 is 1. The minimum atomic E-state index is -0.622. The van der Waals surface area contributed by atoms with Gasteiger partial charge in [-0.05, 0) is 41.5 Å². The van der Waals surface area contributed by atoms with E-state index in [4.69, 9.17) is 4.74 Å². The van der Waals surface area contributed by atoms with Crippen molar-refractivity contribution in [3.8, 4) is 5.75 Å². The molecule has 0 bridgehead atoms. The van der Waals surface area contributed by atoms with Crippen LogP contribution in [0.4, 0.5) is 0 Å². The Morgan fingerprint density at radius 2 is 2.00 bits per heavy atom. The van der Waals surface area contributed by atoms with E-state index >= 15 is 0 Å². The quantitative estimate of drug-likeness (QED) is 0.560. The fourth-order valence-corrected chi connectivity index (χ4v) is 2.58. The van der Waals surface area contributed by atoms with Crippen LogP contribution < -0.4 is 0 Å². The average molecular weight is 322 g/mol. The topological polar surface area (TPSA) is 74.7 Å². The fourth-order valence-electron chi connectivity index (χ4n) is 2.58. The highest BCUT2D eigenvalue weighted by Gasteiger charge is 2.19. The molecule has 5 heteroatoms. The molecule has 0 aliphatic rings. The first kappa shape index (κ1) is 15.8. The van der Waals surface area contributed by atoms with Gasteiger partial charge in [-0.25, -0.2) is 4.79 Å². The molecular weight excluding hydrogens is 304 g/mol. The molecule has 0 radical (unpaired) electrons. The molecule has 0 saturated carbocycles. The first-order chi connectivity index (χ1) is 11.7. The second-order valence-electron chi connectivity index (χ2n) is 5.47. The molecule has 3 aromatic rings. The summed E-state index contributed by atoms with van der Waals surface area (Å²) in [5.74, 6) is -0.189. The number of hydrogen-bond acceptors (Lipinski definition) is 4. The number of rotatable bonds is 5. The van der Waals surface area contributed by atoms with Gasteiger partial charge in [0.25, 0.3) is 0 Å². The molecule has 0 fully saturated rings. The molecule has 0 saturated heterocycles. The molecule has 1 heterocycles. The van der Waals surface area contributed by atoms with Crippen LogP contribution >= 0.6 is 0 Å². The lowest BCUT2D eigenvalue weighted by atomic mass is 10.1. The zero-order chi connectivity index (χ0) is 16.9. The lowest BCUT2D eigenvalue weighted by Crippen LogP contribution is -2.23. The molecule has 1 aromatic heterocycles. The van der Waals surface area contributed by atoms with Crippen molar-refractivity contribution >= 4 is 23.1 Å². The van der Waals surface area contributed by atoms with Crippen LogP contribution in [-0.2, 0) is 16.0 Å². The number of carbonyl (C=O) groups excluding carboxylic acids is 1. The normalized spacial score (nSPS) is 12.5. The highest BCUT2D eigenvalue weighted by Crippen LogP contribution is 2.20. The summed E-state index contributed by atoms with van der Waals surface area (Å²) in [6.45, 7) is 0. The van der Waals surface area contributed by atoms with E-state index in [2.05, 4.69) is 9.98 Å². The summed E-state index contributed by atoms with van der Waals surface area (Å²) in [5, 5.41) is 10.4. The van der Waals surface area contributed by atoms with Gasteiger partial charge in [0.1, 0.15) is 5.75 Å². The van der Waals surface area contributed by atoms with Crippen LogP contribution in [0, 0.1) is 0 Å². The summed E-state index contributed by atoms with van der Waals surface area (Å²) in [6, 6.07) is 13.9. The van der Waals surface area contributed by atoms with E-state index in [1.807, 2.05) is 30.5 Å². The minimum absolute atomic E-state index is 0.190. The standard InChI is InChI=1S/C19H18N2O3/c1-24-19(23)18(20-11-13-6-8-15(22)9-7-13)10-14-12-21-17-5-3-2-4-16(14)17/h2-9,11-12,18,21-22H,10H2,1H3/b20-11+/t18-/m0/s1. The number of esters is 1. The number of hydrogen-bond donors (Lipinski definition) is 2. The number of aromatic hydroxyl groups is 1. The van der Waals surface area contributed by atoms with Gasteiger partial charge < -0.3 is 14.8 Å². The van der Waals surface area contributed by atoms with E-state index in [0.29, 0.717) is 6.42 Å². The Labute approximate surface area is 139 Å². The van der Waals surface area contributed by atoms with Gasteiger partial charge in [-0.3, -0.25) is 4.99 Å². The Bertz CT molecular complexity index is 866. The number of phenols is 1. The average Bonchev–Trinajstić information content (AvgIpc) is 3.02. The molecule has 0 aliphatic carbocycles. The Hall–Kier alpha value is -3.08. The number of phenolic OH excluding ortho intramolecular Hbond substituents is 1. The smallest absolute Gasteiger partial charge is 0.330 e. The van der Waals surface area contributed by atoms with E-state index < -0.39 is 6.04 Å². The van der Waals surface area contributed by atoms with Gasteiger partial charge in [0.15, 0.2) is 6.04 Å². The predicted molar refractivity (Wildman–Crippen MR) is 93.5 cm³/mol. The van der Waals surface area contributed by atoms with E-state index in [1.165, 1.54) is 7.11 Å². The van der Waals surface area contributed by atoms with Crippen molar-refractivity contribution in [3.63, 3.8) is 0 Å². The van der Waals surface area contributed by atoms with Gasteiger partial charge in [0.2, 0.25) is 0 Å². The zero-order valence-electron chi connectivity index (χ0n) is 13.3.